The first-order valence-electron chi connectivity index (χ1n) is 6.64. The van der Waals surface area contributed by atoms with E-state index < -0.39 is 10.2 Å². The molecule has 6 heteroatoms. The first-order valence-corrected chi connectivity index (χ1v) is 8.08. The third-order valence-corrected chi connectivity index (χ3v) is 5.20. The molecule has 2 heterocycles. The van der Waals surface area contributed by atoms with Crippen molar-refractivity contribution in [2.75, 3.05) is 32.7 Å². The highest BCUT2D eigenvalue weighted by Gasteiger charge is 2.24. The first kappa shape index (κ1) is 13.3. The second-order valence-corrected chi connectivity index (χ2v) is 6.78. The lowest BCUT2D eigenvalue weighted by molar-refractivity contribution is 0.409. The van der Waals surface area contributed by atoms with Crippen LogP contribution in [0.25, 0.3) is 0 Å². The Kier molecular flexibility index (Phi) is 4.78. The quantitative estimate of drug-likeness (QED) is 0.765. The van der Waals surface area contributed by atoms with E-state index in [-0.39, 0.29) is 0 Å². The molecule has 0 saturated carbocycles. The Morgan fingerprint density at radius 2 is 1.88 bits per heavy atom. The van der Waals surface area contributed by atoms with Gasteiger partial charge in [0.1, 0.15) is 0 Å². The van der Waals surface area contributed by atoms with Gasteiger partial charge in [-0.1, -0.05) is 12.8 Å². The molecule has 0 aromatic carbocycles. The lowest BCUT2D eigenvalue weighted by Gasteiger charge is -2.21. The van der Waals surface area contributed by atoms with Gasteiger partial charge in [0.2, 0.25) is 0 Å². The summed E-state index contributed by atoms with van der Waals surface area (Å²) in [6, 6.07) is 0. The van der Waals surface area contributed by atoms with Crippen LogP contribution in [0.5, 0.6) is 0 Å². The molecular formula is C11H23N3O2S. The molecule has 2 aliphatic heterocycles. The largest absolute Gasteiger partial charge is 0.316 e. The Balaban J connectivity index is 1.83. The van der Waals surface area contributed by atoms with Gasteiger partial charge in [-0.05, 0) is 38.3 Å². The number of nitrogens with one attached hydrogen (secondary N) is 2. The lowest BCUT2D eigenvalue weighted by Crippen LogP contribution is -2.43. The average Bonchev–Trinajstić information content (AvgIpc) is 2.66. The standard InChI is InChI=1S/C11H23N3O2S/c15-17(16,13-10-11-5-6-12-9-11)14-7-3-1-2-4-8-14/h11-13H,1-10H2. The summed E-state index contributed by atoms with van der Waals surface area (Å²) in [5.41, 5.74) is 0. The molecule has 17 heavy (non-hydrogen) atoms. The summed E-state index contributed by atoms with van der Waals surface area (Å²) >= 11 is 0. The van der Waals surface area contributed by atoms with Crippen molar-refractivity contribution in [2.24, 2.45) is 5.92 Å². The molecule has 0 radical (unpaired) electrons. The molecule has 0 amide bonds. The van der Waals surface area contributed by atoms with E-state index in [2.05, 4.69) is 10.0 Å². The maximum Gasteiger partial charge on any atom is 0.279 e. The third kappa shape index (κ3) is 3.91. The smallest absolute Gasteiger partial charge is 0.279 e. The van der Waals surface area contributed by atoms with Crippen LogP contribution in [-0.2, 0) is 10.2 Å². The van der Waals surface area contributed by atoms with E-state index in [1.54, 1.807) is 4.31 Å². The fraction of sp³-hybridized carbons (Fsp3) is 1.00. The minimum absolute atomic E-state index is 0.455. The monoisotopic (exact) mass is 261 g/mol. The van der Waals surface area contributed by atoms with E-state index in [1.165, 1.54) is 0 Å². The molecule has 0 aromatic rings. The van der Waals surface area contributed by atoms with Crippen molar-refractivity contribution < 1.29 is 8.42 Å². The van der Waals surface area contributed by atoms with Crippen molar-refractivity contribution in [1.82, 2.24) is 14.3 Å². The molecule has 1 atom stereocenters. The average molecular weight is 261 g/mol. The Morgan fingerprint density at radius 1 is 1.18 bits per heavy atom. The molecule has 2 rings (SSSR count). The fourth-order valence-electron chi connectivity index (χ4n) is 2.49. The first-order chi connectivity index (χ1) is 8.18. The second-order valence-electron chi connectivity index (χ2n) is 5.03. The summed E-state index contributed by atoms with van der Waals surface area (Å²) in [5, 5.41) is 3.25. The van der Waals surface area contributed by atoms with E-state index in [0.717, 1.165) is 45.2 Å². The SMILES string of the molecule is O=S(=O)(NCC1CCNC1)N1CCCCCC1. The van der Waals surface area contributed by atoms with Crippen LogP contribution in [0.1, 0.15) is 32.1 Å². The van der Waals surface area contributed by atoms with E-state index in [4.69, 9.17) is 0 Å². The highest BCUT2D eigenvalue weighted by atomic mass is 32.2. The van der Waals surface area contributed by atoms with E-state index in [9.17, 15) is 8.42 Å². The van der Waals surface area contributed by atoms with Crippen molar-refractivity contribution in [3.63, 3.8) is 0 Å². The van der Waals surface area contributed by atoms with Gasteiger partial charge >= 0.3 is 0 Å². The molecule has 0 bridgehead atoms. The molecule has 0 aliphatic carbocycles. The van der Waals surface area contributed by atoms with Crippen LogP contribution in [0.15, 0.2) is 0 Å². The van der Waals surface area contributed by atoms with Crippen LogP contribution < -0.4 is 10.0 Å². The molecule has 0 spiro atoms. The van der Waals surface area contributed by atoms with Gasteiger partial charge in [-0.2, -0.15) is 12.7 Å². The van der Waals surface area contributed by atoms with Crippen LogP contribution in [0.4, 0.5) is 0 Å². The van der Waals surface area contributed by atoms with Gasteiger partial charge in [0, 0.05) is 19.6 Å². The van der Waals surface area contributed by atoms with Crippen LogP contribution >= 0.6 is 0 Å². The topological polar surface area (TPSA) is 61.4 Å². The molecule has 2 saturated heterocycles. The zero-order chi connectivity index (χ0) is 12.1. The summed E-state index contributed by atoms with van der Waals surface area (Å²) in [7, 11) is -3.24. The molecular weight excluding hydrogens is 238 g/mol. The van der Waals surface area contributed by atoms with Gasteiger partial charge in [-0.15, -0.1) is 0 Å². The molecule has 1 unspecified atom stereocenters. The summed E-state index contributed by atoms with van der Waals surface area (Å²) in [6.45, 7) is 3.88. The Hall–Kier alpha value is -0.170. The summed E-state index contributed by atoms with van der Waals surface area (Å²) in [5.74, 6) is 0.455. The Morgan fingerprint density at radius 3 is 2.47 bits per heavy atom. The maximum atomic E-state index is 12.1. The van der Waals surface area contributed by atoms with Crippen molar-refractivity contribution in [3.8, 4) is 0 Å². The van der Waals surface area contributed by atoms with E-state index in [1.807, 2.05) is 0 Å². The van der Waals surface area contributed by atoms with E-state index in [0.29, 0.717) is 25.6 Å². The fourth-order valence-corrected chi connectivity index (χ4v) is 3.85. The lowest BCUT2D eigenvalue weighted by atomic mass is 10.1. The predicted octanol–water partition coefficient (Wildman–Crippen LogP) is 0.306. The maximum absolute atomic E-state index is 12.1. The minimum atomic E-state index is -3.24. The van der Waals surface area contributed by atoms with Gasteiger partial charge in [-0.25, -0.2) is 4.72 Å². The highest BCUT2D eigenvalue weighted by Crippen LogP contribution is 2.13. The number of rotatable bonds is 4. The van der Waals surface area contributed by atoms with Crippen molar-refractivity contribution in [2.45, 2.75) is 32.1 Å². The molecule has 5 nitrogen and oxygen atoms in total. The molecule has 2 N–H and O–H groups in total. The van der Waals surface area contributed by atoms with E-state index >= 15 is 0 Å². The van der Waals surface area contributed by atoms with Crippen molar-refractivity contribution >= 4 is 10.2 Å². The summed E-state index contributed by atoms with van der Waals surface area (Å²) < 4.78 is 28.5. The summed E-state index contributed by atoms with van der Waals surface area (Å²) in [6.07, 6.45) is 5.36. The van der Waals surface area contributed by atoms with Crippen molar-refractivity contribution in [3.05, 3.63) is 0 Å². The van der Waals surface area contributed by atoms with Gasteiger partial charge in [-0.3, -0.25) is 0 Å². The van der Waals surface area contributed by atoms with Gasteiger partial charge in [0.25, 0.3) is 10.2 Å². The summed E-state index contributed by atoms with van der Waals surface area (Å²) in [4.78, 5) is 0. The second kappa shape index (κ2) is 6.13. The molecule has 0 aromatic heterocycles. The Labute approximate surface area is 104 Å². The highest BCUT2D eigenvalue weighted by molar-refractivity contribution is 7.87. The predicted molar refractivity (Wildman–Crippen MR) is 67.9 cm³/mol. The normalized spacial score (nSPS) is 28.1. The molecule has 100 valence electrons. The number of hydrogen-bond donors (Lipinski definition) is 2. The number of nitrogens with zero attached hydrogens (tertiary/aromatic N) is 1. The zero-order valence-electron chi connectivity index (χ0n) is 10.3. The van der Waals surface area contributed by atoms with Crippen LogP contribution in [-0.4, -0.2) is 45.4 Å². The van der Waals surface area contributed by atoms with Crippen LogP contribution in [0.3, 0.4) is 0 Å². The van der Waals surface area contributed by atoms with Crippen LogP contribution in [0.2, 0.25) is 0 Å². The zero-order valence-corrected chi connectivity index (χ0v) is 11.1. The van der Waals surface area contributed by atoms with Crippen LogP contribution in [0, 0.1) is 5.92 Å². The van der Waals surface area contributed by atoms with Gasteiger partial charge in [0.05, 0.1) is 0 Å². The number of hydrogen-bond acceptors (Lipinski definition) is 3. The van der Waals surface area contributed by atoms with Gasteiger partial charge < -0.3 is 5.32 Å². The molecule has 2 fully saturated rings. The van der Waals surface area contributed by atoms with Gasteiger partial charge in [0.15, 0.2) is 0 Å². The minimum Gasteiger partial charge on any atom is -0.316 e. The van der Waals surface area contributed by atoms with Crippen molar-refractivity contribution in [1.29, 1.82) is 0 Å². The Bertz CT molecular complexity index is 318. The third-order valence-electron chi connectivity index (χ3n) is 3.62. The molecule has 2 aliphatic rings.